The number of imidazole rings is 1. The van der Waals surface area contributed by atoms with Crippen molar-refractivity contribution in [3.05, 3.63) is 48.2 Å². The average molecular weight is 309 g/mol. The third kappa shape index (κ3) is 3.02. The van der Waals surface area contributed by atoms with Crippen LogP contribution in [0.1, 0.15) is 26.5 Å². The molecule has 120 valence electrons. The van der Waals surface area contributed by atoms with Crippen molar-refractivity contribution >= 4 is 11.5 Å². The first kappa shape index (κ1) is 15.4. The zero-order chi connectivity index (χ0) is 16.6. The number of hydrogen-bond donors (Lipinski definition) is 1. The van der Waals surface area contributed by atoms with Gasteiger partial charge in [-0.15, -0.1) is 0 Å². The van der Waals surface area contributed by atoms with E-state index in [0.29, 0.717) is 0 Å². The Morgan fingerprint density at radius 2 is 1.83 bits per heavy atom. The lowest BCUT2D eigenvalue weighted by molar-refractivity contribution is 0.415. The molecule has 0 fully saturated rings. The summed E-state index contributed by atoms with van der Waals surface area (Å²) in [6.07, 6.45) is 0. The molecule has 3 rings (SSSR count). The van der Waals surface area contributed by atoms with Gasteiger partial charge in [-0.2, -0.15) is 0 Å². The molecule has 0 saturated heterocycles. The smallest absolute Gasteiger partial charge is 0.139 e. The van der Waals surface area contributed by atoms with Crippen LogP contribution >= 0.6 is 0 Å². The van der Waals surface area contributed by atoms with Crippen molar-refractivity contribution in [3.8, 4) is 17.0 Å². The van der Waals surface area contributed by atoms with Crippen molar-refractivity contribution in [2.45, 2.75) is 33.2 Å². The van der Waals surface area contributed by atoms with Crippen LogP contribution in [-0.4, -0.2) is 22.0 Å². The molecule has 1 N–H and O–H groups in total. The Labute approximate surface area is 137 Å². The number of aromatic nitrogens is 2. The van der Waals surface area contributed by atoms with Gasteiger partial charge in [0.25, 0.3) is 0 Å². The second kappa shape index (κ2) is 5.61. The largest absolute Gasteiger partial charge is 0.497 e. The van der Waals surface area contributed by atoms with E-state index < -0.39 is 0 Å². The first-order chi connectivity index (χ1) is 10.9. The fourth-order valence-corrected chi connectivity index (χ4v) is 2.70. The molecule has 2 aromatic heterocycles. The van der Waals surface area contributed by atoms with Crippen molar-refractivity contribution < 1.29 is 4.74 Å². The molecule has 0 aliphatic heterocycles. The van der Waals surface area contributed by atoms with E-state index in [1.54, 1.807) is 7.11 Å². The Bertz CT molecular complexity index is 843. The third-order valence-corrected chi connectivity index (χ3v) is 3.68. The molecule has 0 atom stereocenters. The number of rotatable bonds is 3. The molecule has 0 saturated carbocycles. The van der Waals surface area contributed by atoms with Crippen molar-refractivity contribution in [1.29, 1.82) is 0 Å². The molecular weight excluding hydrogens is 286 g/mol. The Kier molecular flexibility index (Phi) is 3.76. The van der Waals surface area contributed by atoms with E-state index in [1.165, 1.54) is 0 Å². The van der Waals surface area contributed by atoms with Crippen LogP contribution in [0.5, 0.6) is 5.75 Å². The minimum absolute atomic E-state index is 0.0636. The number of pyridine rings is 1. The van der Waals surface area contributed by atoms with Gasteiger partial charge in [0.2, 0.25) is 0 Å². The Hall–Kier alpha value is -2.49. The average Bonchev–Trinajstić information content (AvgIpc) is 2.85. The van der Waals surface area contributed by atoms with E-state index >= 15 is 0 Å². The minimum atomic E-state index is -0.0636. The lowest BCUT2D eigenvalue weighted by Gasteiger charge is -2.23. The maximum Gasteiger partial charge on any atom is 0.139 e. The van der Waals surface area contributed by atoms with Crippen molar-refractivity contribution in [2.75, 3.05) is 12.4 Å². The van der Waals surface area contributed by atoms with E-state index in [1.807, 2.05) is 30.3 Å². The van der Waals surface area contributed by atoms with E-state index in [2.05, 4.69) is 49.5 Å². The van der Waals surface area contributed by atoms with Crippen LogP contribution in [0.4, 0.5) is 5.82 Å². The minimum Gasteiger partial charge on any atom is -0.497 e. The Balaban J connectivity index is 2.26. The van der Waals surface area contributed by atoms with Crippen LogP contribution in [-0.2, 0) is 0 Å². The van der Waals surface area contributed by atoms with Gasteiger partial charge in [-0.25, -0.2) is 4.98 Å². The second-order valence-electron chi connectivity index (χ2n) is 6.78. The van der Waals surface area contributed by atoms with E-state index in [9.17, 15) is 0 Å². The van der Waals surface area contributed by atoms with Gasteiger partial charge >= 0.3 is 0 Å². The van der Waals surface area contributed by atoms with Gasteiger partial charge in [-0.3, -0.25) is 4.40 Å². The Morgan fingerprint density at radius 1 is 1.09 bits per heavy atom. The quantitative estimate of drug-likeness (QED) is 0.772. The van der Waals surface area contributed by atoms with Gasteiger partial charge in [0, 0.05) is 16.8 Å². The molecule has 0 amide bonds. The first-order valence-corrected chi connectivity index (χ1v) is 7.80. The van der Waals surface area contributed by atoms with Gasteiger partial charge in [0.05, 0.1) is 7.11 Å². The van der Waals surface area contributed by atoms with Gasteiger partial charge in [0.1, 0.15) is 22.9 Å². The molecular formula is C19H23N3O. The molecule has 3 aromatic rings. The van der Waals surface area contributed by atoms with Crippen molar-refractivity contribution in [2.24, 2.45) is 0 Å². The van der Waals surface area contributed by atoms with Crippen molar-refractivity contribution in [1.82, 2.24) is 9.38 Å². The summed E-state index contributed by atoms with van der Waals surface area (Å²) in [5.41, 5.74) is 4.00. The maximum atomic E-state index is 5.36. The predicted molar refractivity (Wildman–Crippen MR) is 95.3 cm³/mol. The molecule has 0 unspecified atom stereocenters. The third-order valence-electron chi connectivity index (χ3n) is 3.68. The zero-order valence-electron chi connectivity index (χ0n) is 14.3. The summed E-state index contributed by atoms with van der Waals surface area (Å²) in [7, 11) is 1.68. The number of hydrogen-bond acceptors (Lipinski definition) is 3. The Morgan fingerprint density at radius 3 is 2.52 bits per heavy atom. The maximum absolute atomic E-state index is 5.36. The molecule has 0 radical (unpaired) electrons. The lowest BCUT2D eigenvalue weighted by atomic mass is 10.1. The second-order valence-corrected chi connectivity index (χ2v) is 6.78. The highest BCUT2D eigenvalue weighted by molar-refractivity contribution is 5.78. The van der Waals surface area contributed by atoms with E-state index in [-0.39, 0.29) is 5.54 Å². The first-order valence-electron chi connectivity index (χ1n) is 7.80. The van der Waals surface area contributed by atoms with Crippen LogP contribution in [0.3, 0.4) is 0 Å². The van der Waals surface area contributed by atoms with Gasteiger partial charge < -0.3 is 10.1 Å². The topological polar surface area (TPSA) is 38.6 Å². The standard InChI is InChI=1S/C19H23N3O/c1-13-8-6-11-16-20-17(14-9-7-10-15(12-14)23-5)18(22(13)16)21-19(2,3)4/h6-12,21H,1-5H3. The number of methoxy groups -OCH3 is 1. The van der Waals surface area contributed by atoms with Gasteiger partial charge in [-0.1, -0.05) is 18.2 Å². The van der Waals surface area contributed by atoms with Crippen LogP contribution in [0.15, 0.2) is 42.5 Å². The van der Waals surface area contributed by atoms with E-state index in [0.717, 1.165) is 34.2 Å². The molecule has 0 spiro atoms. The predicted octanol–water partition coefficient (Wildman–Crippen LogP) is 4.53. The summed E-state index contributed by atoms with van der Waals surface area (Å²) >= 11 is 0. The molecule has 2 heterocycles. The molecule has 23 heavy (non-hydrogen) atoms. The number of anilines is 1. The van der Waals surface area contributed by atoms with Gasteiger partial charge in [0.15, 0.2) is 0 Å². The normalized spacial score (nSPS) is 11.7. The summed E-state index contributed by atoms with van der Waals surface area (Å²) in [6, 6.07) is 14.2. The highest BCUT2D eigenvalue weighted by Gasteiger charge is 2.20. The highest BCUT2D eigenvalue weighted by atomic mass is 16.5. The van der Waals surface area contributed by atoms with E-state index in [4.69, 9.17) is 9.72 Å². The molecule has 0 aliphatic carbocycles. The van der Waals surface area contributed by atoms with Crippen LogP contribution < -0.4 is 10.1 Å². The van der Waals surface area contributed by atoms with Crippen LogP contribution in [0.2, 0.25) is 0 Å². The molecule has 0 bridgehead atoms. The number of benzene rings is 1. The summed E-state index contributed by atoms with van der Waals surface area (Å²) in [6.45, 7) is 8.55. The fraction of sp³-hybridized carbons (Fsp3) is 0.316. The summed E-state index contributed by atoms with van der Waals surface area (Å²) in [5.74, 6) is 1.84. The molecule has 4 nitrogen and oxygen atoms in total. The number of nitrogens with one attached hydrogen (secondary N) is 1. The highest BCUT2D eigenvalue weighted by Crippen LogP contribution is 2.33. The lowest BCUT2D eigenvalue weighted by Crippen LogP contribution is -2.27. The summed E-state index contributed by atoms with van der Waals surface area (Å²) < 4.78 is 7.53. The van der Waals surface area contributed by atoms with Gasteiger partial charge in [-0.05, 0) is 52.0 Å². The SMILES string of the molecule is COc1cccc(-c2nc3cccc(C)n3c2NC(C)(C)C)c1. The molecule has 4 heteroatoms. The monoisotopic (exact) mass is 309 g/mol. The van der Waals surface area contributed by atoms with Crippen LogP contribution in [0, 0.1) is 6.92 Å². The number of aryl methyl sites for hydroxylation is 1. The van der Waals surface area contributed by atoms with Crippen molar-refractivity contribution in [3.63, 3.8) is 0 Å². The molecule has 0 aliphatic rings. The summed E-state index contributed by atoms with van der Waals surface area (Å²) in [5, 5.41) is 3.61. The zero-order valence-corrected chi connectivity index (χ0v) is 14.3. The number of fused-ring (bicyclic) bond motifs is 1. The number of ether oxygens (including phenoxy) is 1. The molecule has 1 aromatic carbocycles. The summed E-state index contributed by atoms with van der Waals surface area (Å²) in [4.78, 5) is 4.85. The van der Waals surface area contributed by atoms with Crippen LogP contribution in [0.25, 0.3) is 16.9 Å². The number of nitrogens with zero attached hydrogens (tertiary/aromatic N) is 2. The fourth-order valence-electron chi connectivity index (χ4n) is 2.70.